The molecule has 16 rings (SSSR count). The van der Waals surface area contributed by atoms with Gasteiger partial charge in [0.1, 0.15) is 84.7 Å². The van der Waals surface area contributed by atoms with Gasteiger partial charge in [0.05, 0.1) is 59.7 Å². The number of imidazole rings is 3. The predicted octanol–water partition coefficient (Wildman–Crippen LogP) is 17.1. The SMILES string of the molecule is O=C(CCc1cccc(OCc2ccccc2F)c1)c1ccc2cncn2c1.O=C(CCc1cccc(OCc2ccccc2F)c1)c1ccn2cncc2c1.O=C(NCc1cccc(OCc2ccccc2F)c1)c1cccc2nncn12.O=C(NCc1cccc(OCc2ccccc2F)c1)c1cccn2cncc12. The van der Waals surface area contributed by atoms with Crippen LogP contribution in [0.5, 0.6) is 23.0 Å². The maximum Gasteiger partial charge on any atom is 0.268 e. The molecule has 0 aliphatic heterocycles. The number of ether oxygens (including phenoxy) is 4. The van der Waals surface area contributed by atoms with Gasteiger partial charge in [-0.1, -0.05) is 127 Å². The number of benzene rings is 8. The zero-order chi connectivity index (χ0) is 77.4. The quantitative estimate of drug-likeness (QED) is 0.0382. The summed E-state index contributed by atoms with van der Waals surface area (Å²) >= 11 is 0. The average Bonchev–Trinajstić information content (AvgIpc) is 1.63. The van der Waals surface area contributed by atoms with Crippen molar-refractivity contribution < 1.29 is 55.7 Å². The largest absolute Gasteiger partial charge is 0.489 e. The molecule has 0 radical (unpaired) electrons. The van der Waals surface area contributed by atoms with E-state index in [1.165, 1.54) is 30.6 Å². The minimum atomic E-state index is -0.297. The Kier molecular flexibility index (Phi) is 25.4. The van der Waals surface area contributed by atoms with Gasteiger partial charge in [-0.05, 0) is 156 Å². The molecule has 19 nitrogen and oxygen atoms in total. The molecule has 8 heterocycles. The number of rotatable bonds is 26. The molecule has 112 heavy (non-hydrogen) atoms. The van der Waals surface area contributed by atoms with Crippen LogP contribution in [0.3, 0.4) is 0 Å². The molecule has 0 atom stereocenters. The Morgan fingerprint density at radius 2 is 0.830 bits per heavy atom. The number of carbonyl (C=O) groups is 4. The molecular formula is C89H73F4N11O8. The lowest BCUT2D eigenvalue weighted by atomic mass is 10.0. The molecule has 0 bridgehead atoms. The molecule has 0 fully saturated rings. The molecule has 23 heteroatoms. The van der Waals surface area contributed by atoms with Crippen molar-refractivity contribution in [2.75, 3.05) is 0 Å². The zero-order valence-electron chi connectivity index (χ0n) is 60.3. The number of carbonyl (C=O) groups excluding carboxylic acids is 4. The standard InChI is InChI=1S/2C23H19FN2O2.C22H18FN3O2.C21H17FN4O2/c24-22-7-2-1-5-19(22)15-28-21-6-3-4-17(12-21)8-11-23(27)18-9-10-20-13-25-16-26(20)14-18;24-22-7-2-1-5-19(22)15-28-21-6-3-4-17(12-21)8-9-23(27)18-10-11-26-16-25-14-20(26)13-18;23-20-9-2-1-6-17(20)14-28-18-7-3-5-16(11-18)12-25-22(27)19-8-4-10-26-15-24-13-21(19)26;22-18-8-2-1-6-16(18)13-28-17-7-3-5-15(11-17)12-23-21(27)19-9-4-10-20-25-24-14-26(19)20/h1-7,9-10,12-14,16H,8,11,15H2;1-7,10-14,16H,8-9,15H2;1-11,13,15H,12,14H2,(H,25,27);1-11,14H,12-13H2,(H,23,27). The van der Waals surface area contributed by atoms with Crippen molar-refractivity contribution in [1.82, 2.24) is 53.4 Å². The average molecular weight is 1500 g/mol. The van der Waals surface area contributed by atoms with E-state index in [2.05, 4.69) is 35.8 Å². The number of nitrogens with one attached hydrogen (secondary N) is 2. The lowest BCUT2D eigenvalue weighted by Gasteiger charge is -2.10. The van der Waals surface area contributed by atoms with E-state index in [0.717, 1.165) is 38.8 Å². The van der Waals surface area contributed by atoms with Crippen LogP contribution in [0.4, 0.5) is 17.6 Å². The Balaban J connectivity index is 0.000000131. The minimum absolute atomic E-state index is 0.0771. The van der Waals surface area contributed by atoms with Crippen molar-refractivity contribution in [3.05, 3.63) is 401 Å². The number of ketones is 2. The van der Waals surface area contributed by atoms with Gasteiger partial charge in [-0.25, -0.2) is 32.5 Å². The molecule has 2 N–H and O–H groups in total. The fraction of sp³-hybridized carbons (Fsp3) is 0.112. The fourth-order valence-electron chi connectivity index (χ4n) is 11.9. The van der Waals surface area contributed by atoms with Gasteiger partial charge in [0.25, 0.3) is 11.8 Å². The van der Waals surface area contributed by atoms with Crippen LogP contribution in [0.2, 0.25) is 0 Å². The van der Waals surface area contributed by atoms with Gasteiger partial charge in [0.2, 0.25) is 0 Å². The summed E-state index contributed by atoms with van der Waals surface area (Å²) in [5, 5.41) is 13.5. The first-order valence-electron chi connectivity index (χ1n) is 35.8. The lowest BCUT2D eigenvalue weighted by molar-refractivity contribution is 0.0939. The summed E-state index contributed by atoms with van der Waals surface area (Å²) in [4.78, 5) is 62.3. The molecule has 8 aromatic carbocycles. The van der Waals surface area contributed by atoms with Crippen LogP contribution >= 0.6 is 0 Å². The minimum Gasteiger partial charge on any atom is -0.489 e. The molecule has 0 spiro atoms. The molecule has 0 aliphatic carbocycles. The molecule has 0 aliphatic rings. The molecule has 0 saturated heterocycles. The van der Waals surface area contributed by atoms with E-state index in [4.69, 9.17) is 18.9 Å². The number of hydrogen-bond donors (Lipinski definition) is 2. The highest BCUT2D eigenvalue weighted by Gasteiger charge is 2.16. The predicted molar refractivity (Wildman–Crippen MR) is 415 cm³/mol. The maximum absolute atomic E-state index is 13.7. The number of hydrogen-bond acceptors (Lipinski definition) is 13. The number of halogens is 4. The Bertz CT molecular complexity index is 5560. The van der Waals surface area contributed by atoms with Gasteiger partial charge in [-0.3, -0.25) is 23.6 Å². The second-order valence-corrected chi connectivity index (χ2v) is 25.7. The number of amides is 2. The van der Waals surface area contributed by atoms with E-state index in [1.807, 2.05) is 130 Å². The van der Waals surface area contributed by atoms with Crippen molar-refractivity contribution in [2.24, 2.45) is 0 Å². The summed E-state index contributed by atoms with van der Waals surface area (Å²) in [6.07, 6.45) is 19.2. The number of nitrogens with zero attached hydrogens (tertiary/aromatic N) is 9. The molecule has 8 aromatic heterocycles. The monoisotopic (exact) mass is 1500 g/mol. The van der Waals surface area contributed by atoms with E-state index in [0.29, 0.717) is 112 Å². The number of fused-ring (bicyclic) bond motifs is 4. The van der Waals surface area contributed by atoms with Gasteiger partial charge in [0, 0.05) is 77.9 Å². The number of aromatic nitrogens is 9. The van der Waals surface area contributed by atoms with Crippen molar-refractivity contribution >= 4 is 45.6 Å². The number of aryl methyl sites for hydroxylation is 2. The van der Waals surface area contributed by atoms with Crippen LogP contribution < -0.4 is 29.6 Å². The van der Waals surface area contributed by atoms with Crippen LogP contribution in [0.25, 0.3) is 22.2 Å². The zero-order valence-corrected chi connectivity index (χ0v) is 60.3. The third-order valence-electron chi connectivity index (χ3n) is 17.9. The molecule has 0 unspecified atom stereocenters. The second kappa shape index (κ2) is 37.5. The molecule has 0 saturated carbocycles. The first kappa shape index (κ1) is 75.9. The van der Waals surface area contributed by atoms with Crippen molar-refractivity contribution in [3.8, 4) is 23.0 Å². The normalized spacial score (nSPS) is 10.8. The van der Waals surface area contributed by atoms with Crippen molar-refractivity contribution in [3.63, 3.8) is 0 Å². The summed E-state index contributed by atoms with van der Waals surface area (Å²) in [7, 11) is 0. The highest BCUT2D eigenvalue weighted by molar-refractivity contribution is 6.00. The molecule has 560 valence electrons. The van der Waals surface area contributed by atoms with Crippen LogP contribution in [-0.2, 0) is 52.4 Å². The Morgan fingerprint density at radius 3 is 1.37 bits per heavy atom. The van der Waals surface area contributed by atoms with Gasteiger partial charge in [-0.15, -0.1) is 10.2 Å². The van der Waals surface area contributed by atoms with Crippen LogP contribution in [0.15, 0.2) is 311 Å². The molecular weight excluding hydrogens is 1430 g/mol. The van der Waals surface area contributed by atoms with E-state index in [1.54, 1.807) is 168 Å². The highest BCUT2D eigenvalue weighted by Crippen LogP contribution is 2.24. The van der Waals surface area contributed by atoms with Crippen LogP contribution in [0, 0.1) is 23.3 Å². The molecule has 2 amide bonds. The lowest BCUT2D eigenvalue weighted by Crippen LogP contribution is -2.24. The molecule has 16 aromatic rings. The summed E-state index contributed by atoms with van der Waals surface area (Å²) in [5.74, 6) is 1.15. The summed E-state index contributed by atoms with van der Waals surface area (Å²) < 4.78 is 84.7. The summed E-state index contributed by atoms with van der Waals surface area (Å²) in [6, 6.07) is 72.2. The fourth-order valence-corrected chi connectivity index (χ4v) is 11.9. The van der Waals surface area contributed by atoms with E-state index in [-0.39, 0.29) is 73.1 Å². The summed E-state index contributed by atoms with van der Waals surface area (Å²) in [5.41, 5.74) is 11.3. The first-order valence-corrected chi connectivity index (χ1v) is 35.8. The Morgan fingerprint density at radius 1 is 0.375 bits per heavy atom. The third-order valence-corrected chi connectivity index (χ3v) is 17.9. The van der Waals surface area contributed by atoms with Crippen molar-refractivity contribution in [2.45, 2.75) is 65.2 Å². The van der Waals surface area contributed by atoms with E-state index in [9.17, 15) is 36.7 Å². The Labute approximate surface area is 641 Å². The van der Waals surface area contributed by atoms with Crippen molar-refractivity contribution in [1.29, 1.82) is 0 Å². The second-order valence-electron chi connectivity index (χ2n) is 25.7. The van der Waals surface area contributed by atoms with Crippen LogP contribution in [0.1, 0.15) is 98.9 Å². The van der Waals surface area contributed by atoms with Gasteiger partial charge < -0.3 is 42.8 Å². The first-order chi connectivity index (χ1) is 54.8. The van der Waals surface area contributed by atoms with Gasteiger partial charge in [0.15, 0.2) is 17.2 Å². The van der Waals surface area contributed by atoms with Gasteiger partial charge in [-0.2, -0.15) is 0 Å². The Hall–Kier alpha value is -14.4. The van der Waals surface area contributed by atoms with E-state index < -0.39 is 0 Å². The highest BCUT2D eigenvalue weighted by atomic mass is 19.1. The number of Topliss-reactive ketones (excluding diaryl/α,β-unsaturated/α-hetero) is 2. The van der Waals surface area contributed by atoms with Crippen LogP contribution in [-0.4, -0.2) is 66.1 Å². The summed E-state index contributed by atoms with van der Waals surface area (Å²) in [6.45, 7) is 1.30. The third kappa shape index (κ3) is 20.7. The maximum atomic E-state index is 13.7. The van der Waals surface area contributed by atoms with Gasteiger partial charge >= 0.3 is 0 Å². The number of pyridine rings is 4. The topological polar surface area (TPSA) is 211 Å². The van der Waals surface area contributed by atoms with E-state index >= 15 is 0 Å². The smallest absolute Gasteiger partial charge is 0.268 e.